The van der Waals surface area contributed by atoms with Gasteiger partial charge in [-0.05, 0) is 30.4 Å². The zero-order chi connectivity index (χ0) is 9.10. The van der Waals surface area contributed by atoms with Crippen molar-refractivity contribution in [3.05, 3.63) is 30.1 Å². The summed E-state index contributed by atoms with van der Waals surface area (Å²) in [6, 6.07) is 4.23. The van der Waals surface area contributed by atoms with E-state index in [2.05, 4.69) is 37.0 Å². The lowest BCUT2D eigenvalue weighted by atomic mass is 9.91. The maximum atomic E-state index is 4.16. The quantitative estimate of drug-likeness (QED) is 0.583. The average molecular weight is 288 g/mol. The minimum absolute atomic E-state index is 0.736. The second-order valence-electron chi connectivity index (χ2n) is 3.47. The summed E-state index contributed by atoms with van der Waals surface area (Å²) in [6.07, 6.45) is 6.40. The van der Waals surface area contributed by atoms with E-state index in [-0.39, 0.29) is 0 Å². The summed E-state index contributed by atoms with van der Waals surface area (Å²) in [4.78, 5) is 4.16. The van der Waals surface area contributed by atoms with Crippen molar-refractivity contribution in [1.82, 2.24) is 8.10 Å². The van der Waals surface area contributed by atoms with Crippen LogP contribution in [0.2, 0.25) is 0 Å². The van der Waals surface area contributed by atoms with Crippen LogP contribution in [0.4, 0.5) is 0 Å². The highest BCUT2D eigenvalue weighted by Gasteiger charge is 2.18. The Kier molecular flexibility index (Phi) is 3.16. The molecule has 1 aliphatic heterocycles. The molecule has 2 nitrogen and oxygen atoms in total. The molecule has 1 aliphatic rings. The number of rotatable bonds is 1. The van der Waals surface area contributed by atoms with Crippen LogP contribution >= 0.6 is 22.9 Å². The third-order valence-corrected chi connectivity index (χ3v) is 3.56. The van der Waals surface area contributed by atoms with Crippen molar-refractivity contribution in [2.24, 2.45) is 0 Å². The number of hydrogen-bond donors (Lipinski definition) is 0. The fraction of sp³-hybridized carbons (Fsp3) is 0.500. The lowest BCUT2D eigenvalue weighted by Crippen LogP contribution is -2.24. The molecular formula is C10H13IN2. The summed E-state index contributed by atoms with van der Waals surface area (Å²) >= 11 is 2.40. The van der Waals surface area contributed by atoms with Crippen LogP contribution in [0.15, 0.2) is 24.5 Å². The van der Waals surface area contributed by atoms with Gasteiger partial charge in [-0.15, -0.1) is 0 Å². The molecule has 0 atom stereocenters. The van der Waals surface area contributed by atoms with Gasteiger partial charge in [0.15, 0.2) is 0 Å². The van der Waals surface area contributed by atoms with E-state index >= 15 is 0 Å². The smallest absolute Gasteiger partial charge is 0.0302 e. The fourth-order valence-electron chi connectivity index (χ4n) is 1.80. The molecule has 0 radical (unpaired) electrons. The molecule has 1 saturated heterocycles. The van der Waals surface area contributed by atoms with Crippen LogP contribution in [-0.4, -0.2) is 21.2 Å². The van der Waals surface area contributed by atoms with E-state index in [1.807, 2.05) is 18.5 Å². The summed E-state index contributed by atoms with van der Waals surface area (Å²) in [5.74, 6) is 0.736. The molecule has 0 saturated carbocycles. The van der Waals surface area contributed by atoms with E-state index in [0.717, 1.165) is 5.92 Å². The molecule has 0 unspecified atom stereocenters. The van der Waals surface area contributed by atoms with Gasteiger partial charge in [0, 0.05) is 48.3 Å². The predicted octanol–water partition coefficient (Wildman–Crippen LogP) is 2.61. The first-order chi connectivity index (χ1) is 6.36. The summed E-state index contributed by atoms with van der Waals surface area (Å²) in [5.41, 5.74) is 1.41. The first-order valence-electron chi connectivity index (χ1n) is 4.67. The van der Waals surface area contributed by atoms with Crippen LogP contribution in [0.1, 0.15) is 24.3 Å². The van der Waals surface area contributed by atoms with Crippen LogP contribution in [0.25, 0.3) is 0 Å². The molecule has 70 valence electrons. The highest BCUT2D eigenvalue weighted by molar-refractivity contribution is 14.1. The molecule has 13 heavy (non-hydrogen) atoms. The van der Waals surface area contributed by atoms with E-state index in [9.17, 15) is 0 Å². The molecule has 0 amide bonds. The van der Waals surface area contributed by atoms with E-state index in [1.165, 1.54) is 31.5 Å². The van der Waals surface area contributed by atoms with Gasteiger partial charge in [-0.2, -0.15) is 0 Å². The monoisotopic (exact) mass is 288 g/mol. The van der Waals surface area contributed by atoms with Gasteiger partial charge >= 0.3 is 0 Å². The summed E-state index contributed by atoms with van der Waals surface area (Å²) in [7, 11) is 0. The lowest BCUT2D eigenvalue weighted by molar-refractivity contribution is 0.368. The van der Waals surface area contributed by atoms with Crippen LogP contribution < -0.4 is 0 Å². The molecule has 1 fully saturated rings. The molecule has 0 aromatic carbocycles. The zero-order valence-electron chi connectivity index (χ0n) is 7.49. The van der Waals surface area contributed by atoms with Gasteiger partial charge in [0.2, 0.25) is 0 Å². The van der Waals surface area contributed by atoms with E-state index < -0.39 is 0 Å². The number of piperidine rings is 1. The molecule has 3 heteroatoms. The first kappa shape index (κ1) is 9.40. The van der Waals surface area contributed by atoms with Crippen molar-refractivity contribution in [3.8, 4) is 0 Å². The summed E-state index contributed by atoms with van der Waals surface area (Å²) < 4.78 is 2.37. The van der Waals surface area contributed by atoms with Crippen LogP contribution in [-0.2, 0) is 0 Å². The Balaban J connectivity index is 2.03. The van der Waals surface area contributed by atoms with Crippen LogP contribution in [0.3, 0.4) is 0 Å². The molecule has 2 heterocycles. The van der Waals surface area contributed by atoms with Crippen molar-refractivity contribution in [3.63, 3.8) is 0 Å². The SMILES string of the molecule is IN1CCC(c2cccnc2)CC1. The number of halogens is 1. The highest BCUT2D eigenvalue weighted by Crippen LogP contribution is 2.28. The maximum Gasteiger partial charge on any atom is 0.0302 e. The summed E-state index contributed by atoms with van der Waals surface area (Å²) in [6.45, 7) is 2.42. The third-order valence-electron chi connectivity index (χ3n) is 2.60. The van der Waals surface area contributed by atoms with Gasteiger partial charge in [-0.25, -0.2) is 3.11 Å². The lowest BCUT2D eigenvalue weighted by Gasteiger charge is -2.27. The van der Waals surface area contributed by atoms with Crippen molar-refractivity contribution in [2.75, 3.05) is 13.1 Å². The molecule has 1 aromatic heterocycles. The van der Waals surface area contributed by atoms with Gasteiger partial charge in [0.1, 0.15) is 0 Å². The fourth-order valence-corrected chi connectivity index (χ4v) is 2.36. The largest absolute Gasteiger partial charge is 0.264 e. The molecular weight excluding hydrogens is 275 g/mol. The van der Waals surface area contributed by atoms with Gasteiger partial charge in [-0.3, -0.25) is 4.98 Å². The maximum absolute atomic E-state index is 4.16. The Morgan fingerprint density at radius 3 is 2.77 bits per heavy atom. The second-order valence-corrected chi connectivity index (χ2v) is 4.84. The van der Waals surface area contributed by atoms with E-state index in [1.54, 1.807) is 0 Å². The van der Waals surface area contributed by atoms with Crippen molar-refractivity contribution in [1.29, 1.82) is 0 Å². The van der Waals surface area contributed by atoms with Crippen molar-refractivity contribution < 1.29 is 0 Å². The van der Waals surface area contributed by atoms with Gasteiger partial charge in [0.25, 0.3) is 0 Å². The second kappa shape index (κ2) is 4.37. The highest BCUT2D eigenvalue weighted by atomic mass is 127. The van der Waals surface area contributed by atoms with Gasteiger partial charge in [-0.1, -0.05) is 6.07 Å². The van der Waals surface area contributed by atoms with E-state index in [0.29, 0.717) is 0 Å². The zero-order valence-corrected chi connectivity index (χ0v) is 9.65. The van der Waals surface area contributed by atoms with E-state index in [4.69, 9.17) is 0 Å². The Hall–Kier alpha value is -0.160. The molecule has 2 rings (SSSR count). The minimum atomic E-state index is 0.736. The number of pyridine rings is 1. The molecule has 0 spiro atoms. The molecule has 0 aliphatic carbocycles. The number of aromatic nitrogens is 1. The van der Waals surface area contributed by atoms with Crippen LogP contribution in [0, 0.1) is 0 Å². The molecule has 1 aromatic rings. The Bertz CT molecular complexity index is 255. The Morgan fingerprint density at radius 2 is 2.15 bits per heavy atom. The Morgan fingerprint density at radius 1 is 1.38 bits per heavy atom. The first-order valence-corrected chi connectivity index (χ1v) is 5.63. The normalized spacial score (nSPS) is 20.4. The topological polar surface area (TPSA) is 16.1 Å². The molecule has 0 N–H and O–H groups in total. The Labute approximate surface area is 92.8 Å². The van der Waals surface area contributed by atoms with Crippen LogP contribution in [0.5, 0.6) is 0 Å². The predicted molar refractivity (Wildman–Crippen MR) is 61.8 cm³/mol. The number of nitrogens with zero attached hydrogens (tertiary/aromatic N) is 2. The van der Waals surface area contributed by atoms with Gasteiger partial charge in [0.05, 0.1) is 0 Å². The molecule has 0 bridgehead atoms. The van der Waals surface area contributed by atoms with Crippen molar-refractivity contribution in [2.45, 2.75) is 18.8 Å². The average Bonchev–Trinajstić information content (AvgIpc) is 2.20. The third kappa shape index (κ3) is 2.40. The van der Waals surface area contributed by atoms with Gasteiger partial charge < -0.3 is 0 Å². The van der Waals surface area contributed by atoms with Crippen molar-refractivity contribution >= 4 is 22.9 Å². The standard InChI is InChI=1S/C10H13IN2/c11-13-6-3-9(4-7-13)10-2-1-5-12-8-10/h1-2,5,8-9H,3-4,6-7H2. The minimum Gasteiger partial charge on any atom is -0.264 e. The summed E-state index contributed by atoms with van der Waals surface area (Å²) in [5, 5.41) is 0. The number of hydrogen-bond acceptors (Lipinski definition) is 2.